The van der Waals surface area contributed by atoms with Crippen LogP contribution in [0.25, 0.3) is 0 Å². The van der Waals surface area contributed by atoms with Gasteiger partial charge < -0.3 is 14.8 Å². The Morgan fingerprint density at radius 1 is 1.18 bits per heavy atom. The summed E-state index contributed by atoms with van der Waals surface area (Å²) in [7, 11) is 1.62. The zero-order chi connectivity index (χ0) is 19.8. The van der Waals surface area contributed by atoms with Crippen molar-refractivity contribution in [1.82, 2.24) is 5.32 Å². The van der Waals surface area contributed by atoms with Crippen LogP contribution in [0.4, 0.5) is 4.39 Å². The fourth-order valence-electron chi connectivity index (χ4n) is 3.39. The molecule has 1 N–H and O–H groups in total. The Kier molecular flexibility index (Phi) is 7.92. The quantitative estimate of drug-likeness (QED) is 0.368. The molecule has 28 heavy (non-hydrogen) atoms. The van der Waals surface area contributed by atoms with E-state index in [1.807, 2.05) is 12.1 Å². The average molecular weight is 448 g/mol. The fourth-order valence-corrected chi connectivity index (χ4v) is 4.00. The third-order valence-corrected chi connectivity index (χ3v) is 5.55. The van der Waals surface area contributed by atoms with E-state index in [1.54, 1.807) is 30.9 Å². The van der Waals surface area contributed by atoms with E-state index in [-0.39, 0.29) is 12.4 Å². The lowest BCUT2D eigenvalue weighted by Crippen LogP contribution is -2.16. The van der Waals surface area contributed by atoms with Gasteiger partial charge in [0.25, 0.3) is 0 Å². The lowest BCUT2D eigenvalue weighted by atomic mass is 9.97. The second-order valence-electron chi connectivity index (χ2n) is 7.02. The number of methoxy groups -OCH3 is 1. The van der Waals surface area contributed by atoms with Gasteiger partial charge in [-0.15, -0.1) is 0 Å². The number of hydrogen-bond acceptors (Lipinski definition) is 3. The molecule has 0 saturated carbocycles. The van der Waals surface area contributed by atoms with Gasteiger partial charge in [-0.05, 0) is 78.3 Å². The molecule has 0 aliphatic heterocycles. The van der Waals surface area contributed by atoms with Crippen molar-refractivity contribution in [1.29, 1.82) is 0 Å². The van der Waals surface area contributed by atoms with Gasteiger partial charge in [0.05, 0.1) is 11.6 Å². The van der Waals surface area contributed by atoms with Crippen LogP contribution in [-0.2, 0) is 13.2 Å². The van der Waals surface area contributed by atoms with Crippen molar-refractivity contribution in [2.24, 2.45) is 0 Å². The third-order valence-electron chi connectivity index (χ3n) is 4.96. The van der Waals surface area contributed by atoms with Gasteiger partial charge in [-0.3, -0.25) is 0 Å². The molecule has 0 unspecified atom stereocenters. The molecule has 0 amide bonds. The lowest BCUT2D eigenvalue weighted by molar-refractivity contribution is 0.277. The molecule has 0 aromatic heterocycles. The molecule has 0 saturated heterocycles. The lowest BCUT2D eigenvalue weighted by Gasteiger charge is -2.16. The first-order valence-corrected chi connectivity index (χ1v) is 10.6. The minimum Gasteiger partial charge on any atom is -0.493 e. The van der Waals surface area contributed by atoms with Crippen LogP contribution in [0.15, 0.2) is 52.5 Å². The maximum absolute atomic E-state index is 13.8. The summed E-state index contributed by atoms with van der Waals surface area (Å²) in [5.74, 6) is 0.950. The second-order valence-corrected chi connectivity index (χ2v) is 7.88. The van der Waals surface area contributed by atoms with Crippen LogP contribution in [0.5, 0.6) is 11.5 Å². The van der Waals surface area contributed by atoms with Crippen molar-refractivity contribution in [2.45, 2.75) is 45.3 Å². The van der Waals surface area contributed by atoms with Crippen LogP contribution in [0.3, 0.4) is 0 Å². The van der Waals surface area contributed by atoms with Crippen LogP contribution in [0.1, 0.15) is 43.2 Å². The predicted octanol–water partition coefficient (Wildman–Crippen LogP) is 6.16. The number of rotatable bonds is 9. The second kappa shape index (κ2) is 10.6. The molecule has 1 aliphatic rings. The zero-order valence-electron chi connectivity index (χ0n) is 16.3. The van der Waals surface area contributed by atoms with Crippen LogP contribution in [-0.4, -0.2) is 13.7 Å². The van der Waals surface area contributed by atoms with Crippen molar-refractivity contribution < 1.29 is 13.9 Å². The smallest absolute Gasteiger partial charge is 0.175 e. The summed E-state index contributed by atoms with van der Waals surface area (Å²) in [5.41, 5.74) is 3.20. The molecule has 5 heteroatoms. The summed E-state index contributed by atoms with van der Waals surface area (Å²) in [4.78, 5) is 0. The van der Waals surface area contributed by atoms with Crippen molar-refractivity contribution >= 4 is 15.9 Å². The highest BCUT2D eigenvalue weighted by molar-refractivity contribution is 9.10. The Morgan fingerprint density at radius 3 is 2.79 bits per heavy atom. The summed E-state index contributed by atoms with van der Waals surface area (Å²) in [6.07, 6.45) is 8.64. The van der Waals surface area contributed by atoms with Gasteiger partial charge in [-0.25, -0.2) is 4.39 Å². The van der Waals surface area contributed by atoms with E-state index in [2.05, 4.69) is 27.3 Å². The SMILES string of the molecule is COc1cc(CNCCC2=CCCCC2)cc(Br)c1OCc1ccccc1F. The molecular weight excluding hydrogens is 421 g/mol. The Bertz CT molecular complexity index is 822. The highest BCUT2D eigenvalue weighted by Crippen LogP contribution is 2.37. The Balaban J connectivity index is 1.57. The summed E-state index contributed by atoms with van der Waals surface area (Å²) in [6.45, 7) is 1.88. The average Bonchev–Trinajstić information content (AvgIpc) is 2.72. The molecule has 3 rings (SSSR count). The van der Waals surface area contributed by atoms with Gasteiger partial charge in [-0.2, -0.15) is 0 Å². The summed E-state index contributed by atoms with van der Waals surface area (Å²) in [6, 6.07) is 10.6. The molecule has 1 aliphatic carbocycles. The Labute approximate surface area is 175 Å². The molecule has 0 atom stereocenters. The number of halogens is 2. The molecular formula is C23H27BrFNO2. The van der Waals surface area contributed by atoms with Gasteiger partial charge in [0.15, 0.2) is 11.5 Å². The van der Waals surface area contributed by atoms with E-state index in [1.165, 1.54) is 31.7 Å². The summed E-state index contributed by atoms with van der Waals surface area (Å²) < 4.78 is 26.0. The third kappa shape index (κ3) is 5.82. The van der Waals surface area contributed by atoms with Crippen LogP contribution < -0.4 is 14.8 Å². The van der Waals surface area contributed by atoms with Crippen molar-refractivity contribution in [3.8, 4) is 11.5 Å². The van der Waals surface area contributed by atoms with Crippen LogP contribution in [0, 0.1) is 5.82 Å². The monoisotopic (exact) mass is 447 g/mol. The topological polar surface area (TPSA) is 30.5 Å². The van der Waals surface area contributed by atoms with E-state index in [4.69, 9.17) is 9.47 Å². The summed E-state index contributed by atoms with van der Waals surface area (Å²) in [5, 5.41) is 3.50. The van der Waals surface area contributed by atoms with Crippen molar-refractivity contribution in [3.63, 3.8) is 0 Å². The van der Waals surface area contributed by atoms with Crippen molar-refractivity contribution in [3.05, 3.63) is 69.5 Å². The Morgan fingerprint density at radius 2 is 2.04 bits per heavy atom. The number of allylic oxidation sites excluding steroid dienone is 1. The van der Waals surface area contributed by atoms with Crippen LogP contribution in [0.2, 0.25) is 0 Å². The molecule has 3 nitrogen and oxygen atoms in total. The maximum Gasteiger partial charge on any atom is 0.175 e. The molecule has 0 heterocycles. The van der Waals surface area contributed by atoms with E-state index in [9.17, 15) is 4.39 Å². The highest BCUT2D eigenvalue weighted by atomic mass is 79.9. The van der Waals surface area contributed by atoms with Crippen LogP contribution >= 0.6 is 15.9 Å². The van der Waals surface area contributed by atoms with Crippen molar-refractivity contribution in [2.75, 3.05) is 13.7 Å². The first kappa shape index (κ1) is 20.9. The largest absolute Gasteiger partial charge is 0.493 e. The standard InChI is InChI=1S/C23H27BrFNO2/c1-27-22-14-18(15-26-12-11-17-7-3-2-4-8-17)13-20(24)23(22)28-16-19-9-5-6-10-21(19)25/h5-7,9-10,13-14,26H,2-4,8,11-12,15-16H2,1H3. The number of benzene rings is 2. The van der Waals surface area contributed by atoms with Gasteiger partial charge >= 0.3 is 0 Å². The molecule has 150 valence electrons. The zero-order valence-corrected chi connectivity index (χ0v) is 17.9. The maximum atomic E-state index is 13.8. The molecule has 2 aromatic rings. The number of ether oxygens (including phenoxy) is 2. The normalized spacial score (nSPS) is 13.9. The molecule has 0 fully saturated rings. The molecule has 2 aromatic carbocycles. The number of hydrogen-bond donors (Lipinski definition) is 1. The van der Waals surface area contributed by atoms with E-state index >= 15 is 0 Å². The van der Waals surface area contributed by atoms with E-state index < -0.39 is 0 Å². The minimum atomic E-state index is -0.272. The molecule has 0 spiro atoms. The Hall–Kier alpha value is -1.85. The van der Waals surface area contributed by atoms with Gasteiger partial charge in [0, 0.05) is 12.1 Å². The van der Waals surface area contributed by atoms with Gasteiger partial charge in [0.2, 0.25) is 0 Å². The number of nitrogens with one attached hydrogen (secondary N) is 1. The van der Waals surface area contributed by atoms with E-state index in [0.29, 0.717) is 17.1 Å². The van der Waals surface area contributed by atoms with E-state index in [0.717, 1.165) is 29.5 Å². The predicted molar refractivity (Wildman–Crippen MR) is 114 cm³/mol. The molecule has 0 radical (unpaired) electrons. The summed E-state index contributed by atoms with van der Waals surface area (Å²) >= 11 is 3.57. The minimum absolute atomic E-state index is 0.147. The fraction of sp³-hybridized carbons (Fsp3) is 0.391. The first-order chi connectivity index (χ1) is 13.7. The highest BCUT2D eigenvalue weighted by Gasteiger charge is 2.13. The van der Waals surface area contributed by atoms with Gasteiger partial charge in [-0.1, -0.05) is 29.8 Å². The first-order valence-electron chi connectivity index (χ1n) is 9.78. The molecule has 0 bridgehead atoms. The van der Waals surface area contributed by atoms with Gasteiger partial charge in [0.1, 0.15) is 12.4 Å².